The fourth-order valence-corrected chi connectivity index (χ4v) is 12.9. The monoisotopic (exact) mass is 1050 g/mol. The average molecular weight is 1050 g/mol. The minimum absolute atomic E-state index is 0.0996. The number of aliphatic hydroxyl groups excluding tert-OH is 1. The summed E-state index contributed by atoms with van der Waals surface area (Å²) in [6.07, 6.45) is 4.10. The Hall–Kier alpha value is -7.96. The molecule has 6 aromatic rings. The zero-order valence-corrected chi connectivity index (χ0v) is 44.1. The van der Waals surface area contributed by atoms with Crippen LogP contribution in [0, 0.1) is 17.8 Å². The number of fused-ring (bicyclic) bond motifs is 4. The second-order valence-electron chi connectivity index (χ2n) is 21.0. The Morgan fingerprint density at radius 3 is 2.09 bits per heavy atom. The van der Waals surface area contributed by atoms with Crippen LogP contribution in [0.3, 0.4) is 0 Å². The number of esters is 1. The van der Waals surface area contributed by atoms with Crippen molar-refractivity contribution in [3.63, 3.8) is 0 Å². The van der Waals surface area contributed by atoms with Gasteiger partial charge in [0.25, 0.3) is 0 Å². The van der Waals surface area contributed by atoms with Gasteiger partial charge in [0, 0.05) is 24.2 Å². The summed E-state index contributed by atoms with van der Waals surface area (Å²) >= 11 is 0. The topological polar surface area (TPSA) is 167 Å². The second kappa shape index (κ2) is 21.8. The van der Waals surface area contributed by atoms with Crippen LogP contribution in [0.5, 0.6) is 17.2 Å². The third kappa shape index (κ3) is 9.23. The number of carbonyl (C=O) groups excluding carboxylic acids is 4. The molecule has 1 aliphatic carbocycles. The van der Waals surface area contributed by atoms with Crippen molar-refractivity contribution in [2.45, 2.75) is 99.7 Å². The molecule has 5 aliphatic rings. The maximum Gasteiger partial charge on any atom is 0.329 e. The van der Waals surface area contributed by atoms with Crippen LogP contribution in [0.25, 0.3) is 0 Å². The molecule has 4 amide bonds. The highest BCUT2D eigenvalue weighted by Crippen LogP contribution is 2.67. The molecule has 1 saturated carbocycles. The lowest BCUT2D eigenvalue weighted by Gasteiger charge is -2.46. The molecule has 4 aliphatic heterocycles. The number of amides is 4. The highest BCUT2D eigenvalue weighted by Gasteiger charge is 2.76. The van der Waals surface area contributed by atoms with Gasteiger partial charge in [0.15, 0.2) is 11.5 Å². The van der Waals surface area contributed by atoms with E-state index in [-0.39, 0.29) is 32.0 Å². The summed E-state index contributed by atoms with van der Waals surface area (Å²) in [5.74, 6) is 4.31. The molecular weight excluding hydrogens is 985 g/mol. The van der Waals surface area contributed by atoms with Crippen molar-refractivity contribution < 1.29 is 48.3 Å². The number of urea groups is 1. The molecule has 14 nitrogen and oxygen atoms in total. The maximum atomic E-state index is 17.2. The van der Waals surface area contributed by atoms with Crippen molar-refractivity contribution in [3.05, 3.63) is 190 Å². The molecule has 6 aromatic carbocycles. The van der Waals surface area contributed by atoms with Crippen molar-refractivity contribution in [2.75, 3.05) is 38.9 Å². The van der Waals surface area contributed by atoms with Gasteiger partial charge in [0.05, 0.1) is 50.6 Å². The Kier molecular flexibility index (Phi) is 14.6. The van der Waals surface area contributed by atoms with E-state index >= 15 is 19.2 Å². The summed E-state index contributed by atoms with van der Waals surface area (Å²) in [5, 5.41) is 25.3. The molecule has 0 bridgehead atoms. The highest BCUT2D eigenvalue weighted by molar-refractivity contribution is 6.25. The summed E-state index contributed by atoms with van der Waals surface area (Å²) < 4.78 is 24.6. The molecule has 1 spiro atoms. The molecule has 78 heavy (non-hydrogen) atoms. The summed E-state index contributed by atoms with van der Waals surface area (Å²) in [5.41, 5.74) is 2.00. The van der Waals surface area contributed by atoms with E-state index in [1.807, 2.05) is 127 Å². The number of aliphatic hydroxyl groups is 2. The molecule has 11 rings (SSSR count). The van der Waals surface area contributed by atoms with Gasteiger partial charge in [-0.1, -0.05) is 134 Å². The molecule has 0 aromatic heterocycles. The number of rotatable bonds is 11. The van der Waals surface area contributed by atoms with Crippen molar-refractivity contribution in [1.82, 2.24) is 15.1 Å². The molecule has 4 heterocycles. The van der Waals surface area contributed by atoms with E-state index in [1.165, 1.54) is 0 Å². The van der Waals surface area contributed by atoms with Gasteiger partial charge in [-0.25, -0.2) is 9.69 Å². The van der Waals surface area contributed by atoms with Crippen LogP contribution in [0.15, 0.2) is 146 Å². The zero-order chi connectivity index (χ0) is 54.1. The van der Waals surface area contributed by atoms with Crippen molar-refractivity contribution in [1.29, 1.82) is 0 Å². The average Bonchev–Trinajstić information content (AvgIpc) is 4.05. The summed E-state index contributed by atoms with van der Waals surface area (Å²) in [6.45, 7) is 1.71. The van der Waals surface area contributed by atoms with E-state index in [2.05, 4.69) is 17.2 Å². The number of morpholine rings is 1. The van der Waals surface area contributed by atoms with Crippen LogP contribution in [0.4, 0.5) is 10.5 Å². The smallest absolute Gasteiger partial charge is 0.329 e. The summed E-state index contributed by atoms with van der Waals surface area (Å²) in [4.78, 5) is 70.2. The lowest BCUT2D eigenvalue weighted by molar-refractivity contribution is -0.179. The van der Waals surface area contributed by atoms with Crippen molar-refractivity contribution >= 4 is 29.5 Å². The predicted molar refractivity (Wildman–Crippen MR) is 293 cm³/mol. The van der Waals surface area contributed by atoms with Gasteiger partial charge >= 0.3 is 12.0 Å². The quantitative estimate of drug-likeness (QED) is 0.0643. The van der Waals surface area contributed by atoms with Crippen molar-refractivity contribution in [3.8, 4) is 29.1 Å². The van der Waals surface area contributed by atoms with Gasteiger partial charge in [-0.3, -0.25) is 19.3 Å². The molecule has 3 N–H and O–H groups in total. The molecule has 14 heteroatoms. The van der Waals surface area contributed by atoms with E-state index in [0.29, 0.717) is 58.8 Å². The second-order valence-corrected chi connectivity index (χ2v) is 21.0. The first-order valence-corrected chi connectivity index (χ1v) is 27.0. The Bertz CT molecular complexity index is 3280. The van der Waals surface area contributed by atoms with Gasteiger partial charge in [-0.05, 0) is 109 Å². The number of imide groups is 1. The van der Waals surface area contributed by atoms with Crippen LogP contribution in [0.1, 0.15) is 114 Å². The third-order valence-corrected chi connectivity index (χ3v) is 16.5. The first kappa shape index (κ1) is 52.1. The molecule has 0 unspecified atom stereocenters. The normalized spacial score (nSPS) is 23.6. The molecule has 3 fully saturated rings. The van der Waals surface area contributed by atoms with Gasteiger partial charge in [-0.2, -0.15) is 0 Å². The minimum atomic E-state index is -2.12. The molecule has 7 atom stereocenters. The highest BCUT2D eigenvalue weighted by atomic mass is 16.6. The number of nitrogens with one attached hydrogen (secondary N) is 1. The number of benzene rings is 6. The van der Waals surface area contributed by atoms with Crippen molar-refractivity contribution in [2.24, 2.45) is 5.92 Å². The largest absolute Gasteiger partial charge is 0.493 e. The fraction of sp³-hybridized carbons (Fsp3) is 0.344. The van der Waals surface area contributed by atoms with Gasteiger partial charge in [0.1, 0.15) is 35.5 Å². The molecular formula is C64H64N4O10. The number of cyclic esters (lactones) is 1. The van der Waals surface area contributed by atoms with Crippen LogP contribution in [-0.4, -0.2) is 89.4 Å². The number of hydrogen-bond acceptors (Lipinski definition) is 11. The maximum absolute atomic E-state index is 17.2. The van der Waals surface area contributed by atoms with E-state index in [4.69, 9.17) is 18.9 Å². The van der Waals surface area contributed by atoms with Gasteiger partial charge < -0.3 is 39.4 Å². The van der Waals surface area contributed by atoms with E-state index in [0.717, 1.165) is 52.8 Å². The van der Waals surface area contributed by atoms with Crippen LogP contribution in [-0.2, 0) is 37.5 Å². The zero-order valence-electron chi connectivity index (χ0n) is 44.1. The predicted octanol–water partition coefficient (Wildman–Crippen LogP) is 9.23. The van der Waals surface area contributed by atoms with E-state index in [9.17, 15) is 10.2 Å². The minimum Gasteiger partial charge on any atom is -0.493 e. The number of methoxy groups -OCH3 is 2. The first-order chi connectivity index (χ1) is 38.0. The van der Waals surface area contributed by atoms with Gasteiger partial charge in [0.2, 0.25) is 11.8 Å². The lowest BCUT2D eigenvalue weighted by Crippen LogP contribution is -2.57. The number of ether oxygens (including phenoxy) is 4. The number of carbonyl (C=O) groups is 4. The lowest BCUT2D eigenvalue weighted by atomic mass is 9.64. The molecule has 400 valence electrons. The number of hydrogen-bond donors (Lipinski definition) is 3. The number of anilines is 1. The van der Waals surface area contributed by atoms with E-state index < -0.39 is 71.0 Å². The van der Waals surface area contributed by atoms with Crippen LogP contribution >= 0.6 is 0 Å². The SMILES string of the molecule is COc1cc2c(cc1OC)CN(C(=O)[C@H]1[C@@H]3C(=O)O[C@@H](c4ccccc4)[C@@H](c4ccccc4)N3[C@@H](c3ccccc3OCCO)[C@]13C(=O)N(C(=O)N[C@H](C)c1ccccc1)c1ccc(C#CC4(O)CCCCCC4)cc13)CC2. The van der Waals surface area contributed by atoms with Crippen LogP contribution in [0.2, 0.25) is 0 Å². The molecule has 2 saturated heterocycles. The Morgan fingerprint density at radius 2 is 1.41 bits per heavy atom. The first-order valence-electron chi connectivity index (χ1n) is 27.0. The standard InChI is InChI=1S/C64H64N4O10/c1-41(43-19-9-6-10-20-43)65-62(73)67-50-28-27-42(29-33-63(74)31-17-4-5-18-32-63)37-49(50)64(61(67)72)54(59(70)66-34-30-46-38-52(75-2)53(76-3)39-47(46)40-66)56-60(71)78-57(45-23-13-8-14-24-45)55(44-21-11-7-12-22-44)68(56)58(64)48-25-15-16-26-51(48)77-36-35-69/h6-16,19-28,37-39,41,54-58,69,74H,4-5,17-18,30-32,34-36,40H2,1-3H3,(H,65,73)/t41-,54-,55-,56-,57+,58+,64-/m1/s1. The van der Waals surface area contributed by atoms with E-state index in [1.54, 1.807) is 49.5 Å². The summed E-state index contributed by atoms with van der Waals surface area (Å²) in [7, 11) is 3.13. The van der Waals surface area contributed by atoms with Crippen LogP contribution < -0.4 is 24.4 Å². The molecule has 0 radical (unpaired) electrons. The Morgan fingerprint density at radius 1 is 0.769 bits per heavy atom. The third-order valence-electron chi connectivity index (χ3n) is 16.5. The number of nitrogens with zero attached hydrogens (tertiary/aromatic N) is 3. The summed E-state index contributed by atoms with van der Waals surface area (Å²) in [6, 6.07) is 39.8. The fourth-order valence-electron chi connectivity index (χ4n) is 12.9. The Balaban J connectivity index is 1.20. The Labute approximate surface area is 454 Å². The van der Waals surface area contributed by atoms with Gasteiger partial charge in [-0.15, -0.1) is 0 Å². The number of para-hydroxylation sites is 1.